The molecule has 6 nitrogen and oxygen atoms in total. The molecule has 3 aromatic rings. The van der Waals surface area contributed by atoms with Crippen molar-refractivity contribution in [1.29, 1.82) is 0 Å². The molecule has 0 radical (unpaired) electrons. The lowest BCUT2D eigenvalue weighted by Gasteiger charge is -2.03. The molecule has 0 saturated carbocycles. The van der Waals surface area contributed by atoms with E-state index in [1.54, 1.807) is 16.7 Å². The molecule has 0 aliphatic carbocycles. The van der Waals surface area contributed by atoms with Crippen LogP contribution in [0, 0.1) is 0 Å². The van der Waals surface area contributed by atoms with Crippen LogP contribution in [0.15, 0.2) is 40.7 Å². The summed E-state index contributed by atoms with van der Waals surface area (Å²) in [6.45, 7) is 2.10. The minimum Gasteiger partial charge on any atom is -0.285 e. The lowest BCUT2D eigenvalue weighted by molar-refractivity contribution is 0.581. The first-order chi connectivity index (χ1) is 10.1. The first-order valence-electron chi connectivity index (χ1n) is 6.47. The number of sulfonamides is 1. The van der Waals surface area contributed by atoms with E-state index in [0.717, 1.165) is 11.3 Å². The fraction of sp³-hybridized carbons (Fsp3) is 0.231. The number of hydrogen-bond acceptors (Lipinski definition) is 5. The number of fused-ring (bicyclic) bond motifs is 1. The van der Waals surface area contributed by atoms with Crippen LogP contribution in [0.25, 0.3) is 5.65 Å². The predicted molar refractivity (Wildman–Crippen MR) is 80.7 cm³/mol. The van der Waals surface area contributed by atoms with Gasteiger partial charge in [0, 0.05) is 11.1 Å². The molecule has 8 heteroatoms. The number of aryl methyl sites for hydroxylation is 1. The largest absolute Gasteiger partial charge is 0.285 e. The van der Waals surface area contributed by atoms with Crippen LogP contribution in [0.4, 0.5) is 0 Å². The summed E-state index contributed by atoms with van der Waals surface area (Å²) >= 11 is 1.29. The molecule has 110 valence electrons. The normalized spacial score (nSPS) is 12.0. The molecule has 0 aliphatic rings. The van der Waals surface area contributed by atoms with Gasteiger partial charge in [-0.05, 0) is 30.7 Å². The summed E-state index contributed by atoms with van der Waals surface area (Å²) in [6.07, 6.45) is 2.63. The molecule has 0 spiro atoms. The Morgan fingerprint density at radius 3 is 2.86 bits per heavy atom. The van der Waals surface area contributed by atoms with E-state index in [9.17, 15) is 8.42 Å². The summed E-state index contributed by atoms with van der Waals surface area (Å²) in [5, 5.41) is 7.99. The van der Waals surface area contributed by atoms with Crippen molar-refractivity contribution in [1.82, 2.24) is 19.3 Å². The van der Waals surface area contributed by atoms with Gasteiger partial charge in [0.15, 0.2) is 11.5 Å². The predicted octanol–water partition coefficient (Wildman–Crippen LogP) is 1.83. The van der Waals surface area contributed by atoms with Gasteiger partial charge in [-0.3, -0.25) is 4.40 Å². The van der Waals surface area contributed by atoms with Crippen molar-refractivity contribution >= 4 is 27.0 Å². The SMILES string of the molecule is CCc1ccc(S(=O)(=O)NCc2nnc3ccccn23)s1. The molecule has 0 amide bonds. The fourth-order valence-electron chi connectivity index (χ4n) is 1.93. The highest BCUT2D eigenvalue weighted by Gasteiger charge is 2.17. The van der Waals surface area contributed by atoms with Crippen LogP contribution in [-0.2, 0) is 23.0 Å². The number of aromatic nitrogens is 3. The third kappa shape index (κ3) is 2.82. The quantitative estimate of drug-likeness (QED) is 0.777. The Kier molecular flexibility index (Phi) is 3.75. The number of thiophene rings is 1. The van der Waals surface area contributed by atoms with E-state index in [4.69, 9.17) is 0 Å². The second-order valence-electron chi connectivity index (χ2n) is 4.44. The van der Waals surface area contributed by atoms with Crippen LogP contribution in [0.2, 0.25) is 0 Å². The molecule has 0 bridgehead atoms. The second kappa shape index (κ2) is 5.55. The van der Waals surface area contributed by atoms with Crippen LogP contribution in [0.3, 0.4) is 0 Å². The summed E-state index contributed by atoms with van der Waals surface area (Å²) in [4.78, 5) is 1.04. The van der Waals surface area contributed by atoms with E-state index >= 15 is 0 Å². The van der Waals surface area contributed by atoms with Crippen molar-refractivity contribution in [3.63, 3.8) is 0 Å². The Hall–Kier alpha value is -1.77. The lowest BCUT2D eigenvalue weighted by Crippen LogP contribution is -2.23. The number of hydrogen-bond donors (Lipinski definition) is 1. The molecule has 0 unspecified atom stereocenters. The average Bonchev–Trinajstić information content (AvgIpc) is 3.12. The van der Waals surface area contributed by atoms with Crippen molar-refractivity contribution < 1.29 is 8.42 Å². The van der Waals surface area contributed by atoms with Crippen molar-refractivity contribution in [2.75, 3.05) is 0 Å². The standard InChI is InChI=1S/C13H14N4O2S2/c1-2-10-6-7-13(20-10)21(18,19)14-9-12-16-15-11-5-3-4-8-17(11)12/h3-8,14H,2,9H2,1H3. The molecule has 1 N–H and O–H groups in total. The lowest BCUT2D eigenvalue weighted by atomic mass is 10.4. The molecule has 0 aliphatic heterocycles. The Morgan fingerprint density at radius 2 is 2.10 bits per heavy atom. The van der Waals surface area contributed by atoms with Gasteiger partial charge >= 0.3 is 0 Å². The van der Waals surface area contributed by atoms with Gasteiger partial charge in [-0.2, -0.15) is 0 Å². The summed E-state index contributed by atoms with van der Waals surface area (Å²) in [7, 11) is -3.51. The molecular formula is C13H14N4O2S2. The third-order valence-electron chi connectivity index (χ3n) is 3.05. The zero-order valence-corrected chi connectivity index (χ0v) is 13.0. The minimum atomic E-state index is -3.51. The van der Waals surface area contributed by atoms with Crippen LogP contribution in [0.5, 0.6) is 0 Å². The highest BCUT2D eigenvalue weighted by molar-refractivity contribution is 7.91. The third-order valence-corrected chi connectivity index (χ3v) is 6.18. The van der Waals surface area contributed by atoms with Crippen LogP contribution in [-0.4, -0.2) is 23.0 Å². The van der Waals surface area contributed by atoms with Gasteiger partial charge < -0.3 is 0 Å². The van der Waals surface area contributed by atoms with Gasteiger partial charge in [-0.1, -0.05) is 13.0 Å². The van der Waals surface area contributed by atoms with Crippen molar-refractivity contribution in [2.24, 2.45) is 0 Å². The Bertz CT molecular complexity index is 867. The smallest absolute Gasteiger partial charge is 0.250 e. The number of pyridine rings is 1. The first kappa shape index (κ1) is 14.2. The van der Waals surface area contributed by atoms with E-state index in [1.165, 1.54) is 11.3 Å². The van der Waals surface area contributed by atoms with Crippen molar-refractivity contribution in [3.8, 4) is 0 Å². The van der Waals surface area contributed by atoms with Gasteiger partial charge in [-0.25, -0.2) is 13.1 Å². The van der Waals surface area contributed by atoms with E-state index < -0.39 is 10.0 Å². The molecule has 0 aromatic carbocycles. The van der Waals surface area contributed by atoms with Gasteiger partial charge in [0.1, 0.15) is 4.21 Å². The van der Waals surface area contributed by atoms with Crippen LogP contribution >= 0.6 is 11.3 Å². The first-order valence-corrected chi connectivity index (χ1v) is 8.77. The van der Waals surface area contributed by atoms with Gasteiger partial charge in [0.25, 0.3) is 0 Å². The Labute approximate surface area is 126 Å². The van der Waals surface area contributed by atoms with E-state index in [0.29, 0.717) is 15.7 Å². The number of nitrogens with one attached hydrogen (secondary N) is 1. The van der Waals surface area contributed by atoms with Gasteiger partial charge in [0.2, 0.25) is 10.0 Å². The molecular weight excluding hydrogens is 308 g/mol. The monoisotopic (exact) mass is 322 g/mol. The van der Waals surface area contributed by atoms with Crippen LogP contribution < -0.4 is 4.72 Å². The van der Waals surface area contributed by atoms with Crippen molar-refractivity contribution in [3.05, 3.63) is 47.2 Å². The van der Waals surface area contributed by atoms with Gasteiger partial charge in [-0.15, -0.1) is 21.5 Å². The summed E-state index contributed by atoms with van der Waals surface area (Å²) < 4.78 is 29.1. The Morgan fingerprint density at radius 1 is 1.24 bits per heavy atom. The molecule has 0 saturated heterocycles. The molecule has 0 atom stereocenters. The highest BCUT2D eigenvalue weighted by Crippen LogP contribution is 2.21. The van der Waals surface area contributed by atoms with E-state index in [2.05, 4.69) is 14.9 Å². The van der Waals surface area contributed by atoms with E-state index in [-0.39, 0.29) is 6.54 Å². The maximum atomic E-state index is 12.2. The summed E-state index contributed by atoms with van der Waals surface area (Å²) in [5.74, 6) is 0.557. The molecule has 3 rings (SSSR count). The zero-order chi connectivity index (χ0) is 14.9. The zero-order valence-electron chi connectivity index (χ0n) is 11.4. The van der Waals surface area contributed by atoms with E-state index in [1.807, 2.05) is 31.2 Å². The van der Waals surface area contributed by atoms with Gasteiger partial charge in [0.05, 0.1) is 6.54 Å². The molecule has 21 heavy (non-hydrogen) atoms. The summed E-state index contributed by atoms with van der Waals surface area (Å²) in [6, 6.07) is 8.99. The van der Waals surface area contributed by atoms with Crippen LogP contribution in [0.1, 0.15) is 17.6 Å². The topological polar surface area (TPSA) is 76.4 Å². The second-order valence-corrected chi connectivity index (χ2v) is 7.61. The van der Waals surface area contributed by atoms with Crippen molar-refractivity contribution in [2.45, 2.75) is 24.1 Å². The Balaban J connectivity index is 1.80. The maximum Gasteiger partial charge on any atom is 0.250 e. The molecule has 0 fully saturated rings. The molecule has 3 aromatic heterocycles. The minimum absolute atomic E-state index is 0.104. The fourth-order valence-corrected chi connectivity index (χ4v) is 4.26. The molecule has 3 heterocycles. The highest BCUT2D eigenvalue weighted by atomic mass is 32.2. The number of nitrogens with zero attached hydrogens (tertiary/aromatic N) is 3. The average molecular weight is 322 g/mol. The number of rotatable bonds is 5. The maximum absolute atomic E-state index is 12.2. The summed E-state index contributed by atoms with van der Waals surface area (Å²) in [5.41, 5.74) is 0.691.